The molecule has 2 N–H and O–H groups in total. The molecule has 1 aliphatic rings. The molecule has 1 fully saturated rings. The number of nitrogens with one attached hydrogen (secondary N) is 2. The van der Waals surface area contributed by atoms with Crippen molar-refractivity contribution in [2.75, 3.05) is 26.2 Å². The van der Waals surface area contributed by atoms with Gasteiger partial charge in [-0.05, 0) is 17.4 Å². The molecule has 2 heterocycles. The van der Waals surface area contributed by atoms with Crippen LogP contribution >= 0.6 is 0 Å². The lowest BCUT2D eigenvalue weighted by atomic mass is 10.0. The lowest BCUT2D eigenvalue weighted by Crippen LogP contribution is -2.55. The Morgan fingerprint density at radius 1 is 1.16 bits per heavy atom. The van der Waals surface area contributed by atoms with Crippen LogP contribution in [0.2, 0.25) is 0 Å². The number of piperazine rings is 1. The second kappa shape index (κ2) is 7.61. The van der Waals surface area contributed by atoms with Gasteiger partial charge in [0.05, 0.1) is 0 Å². The topological polar surface area (TPSA) is 74.3 Å². The molecule has 2 aromatic rings. The van der Waals surface area contributed by atoms with Crippen molar-refractivity contribution in [3.8, 4) is 0 Å². The standard InChI is InChI=1S/C19H24N4O2/c1-13(2)16(19(25)23-11-9-20-10-12-23)22-18(24)17-15-6-4-3-5-14(15)7-8-21-17/h3-8,13,16,20H,9-12H2,1-2H3,(H,22,24). The molecule has 1 aromatic heterocycles. The zero-order valence-electron chi connectivity index (χ0n) is 14.7. The van der Waals surface area contributed by atoms with Gasteiger partial charge in [-0.25, -0.2) is 0 Å². The number of carbonyl (C=O) groups excluding carboxylic acids is 2. The third kappa shape index (κ3) is 3.79. The van der Waals surface area contributed by atoms with E-state index in [0.717, 1.165) is 23.9 Å². The summed E-state index contributed by atoms with van der Waals surface area (Å²) in [5.41, 5.74) is 0.358. The number of aromatic nitrogens is 1. The fourth-order valence-electron chi connectivity index (χ4n) is 3.11. The average Bonchev–Trinajstić information content (AvgIpc) is 2.65. The summed E-state index contributed by atoms with van der Waals surface area (Å²) in [7, 11) is 0. The maximum Gasteiger partial charge on any atom is 0.271 e. The van der Waals surface area contributed by atoms with Gasteiger partial charge in [0.15, 0.2) is 0 Å². The number of pyridine rings is 1. The molecule has 1 atom stereocenters. The van der Waals surface area contributed by atoms with Crippen LogP contribution in [-0.2, 0) is 4.79 Å². The molecule has 6 heteroatoms. The van der Waals surface area contributed by atoms with E-state index in [1.54, 1.807) is 6.20 Å². The first-order valence-corrected chi connectivity index (χ1v) is 8.72. The van der Waals surface area contributed by atoms with Crippen molar-refractivity contribution < 1.29 is 9.59 Å². The van der Waals surface area contributed by atoms with Gasteiger partial charge in [0.25, 0.3) is 5.91 Å². The van der Waals surface area contributed by atoms with Crippen molar-refractivity contribution >= 4 is 22.6 Å². The molecule has 25 heavy (non-hydrogen) atoms. The number of amides is 2. The summed E-state index contributed by atoms with van der Waals surface area (Å²) in [6, 6.07) is 8.95. The van der Waals surface area contributed by atoms with E-state index in [1.807, 2.05) is 49.1 Å². The van der Waals surface area contributed by atoms with Crippen LogP contribution in [0.3, 0.4) is 0 Å². The van der Waals surface area contributed by atoms with Gasteiger partial charge in [0.1, 0.15) is 11.7 Å². The van der Waals surface area contributed by atoms with E-state index in [-0.39, 0.29) is 17.7 Å². The molecule has 0 aliphatic carbocycles. The fraction of sp³-hybridized carbons (Fsp3) is 0.421. The third-order valence-corrected chi connectivity index (χ3v) is 4.54. The van der Waals surface area contributed by atoms with Gasteiger partial charge in [-0.15, -0.1) is 0 Å². The number of nitrogens with zero attached hydrogens (tertiary/aromatic N) is 2. The molecule has 0 radical (unpaired) electrons. The lowest BCUT2D eigenvalue weighted by Gasteiger charge is -2.32. The van der Waals surface area contributed by atoms with Crippen LogP contribution in [0.1, 0.15) is 24.3 Å². The first-order valence-electron chi connectivity index (χ1n) is 8.72. The van der Waals surface area contributed by atoms with Crippen molar-refractivity contribution in [2.45, 2.75) is 19.9 Å². The second-order valence-electron chi connectivity index (χ2n) is 6.65. The van der Waals surface area contributed by atoms with Crippen LogP contribution in [0.5, 0.6) is 0 Å². The normalized spacial score (nSPS) is 16.0. The molecular formula is C19H24N4O2. The minimum Gasteiger partial charge on any atom is -0.339 e. The first-order chi connectivity index (χ1) is 12.1. The van der Waals surface area contributed by atoms with Crippen LogP contribution in [0.25, 0.3) is 10.8 Å². The predicted octanol–water partition coefficient (Wildman–Crippen LogP) is 1.42. The summed E-state index contributed by atoms with van der Waals surface area (Å²) in [5.74, 6) is -0.328. The van der Waals surface area contributed by atoms with Crippen LogP contribution in [-0.4, -0.2) is 53.9 Å². The molecule has 6 nitrogen and oxygen atoms in total. The Balaban J connectivity index is 1.81. The van der Waals surface area contributed by atoms with Gasteiger partial charge in [0.2, 0.25) is 5.91 Å². The van der Waals surface area contributed by atoms with E-state index in [1.165, 1.54) is 0 Å². The zero-order valence-corrected chi connectivity index (χ0v) is 14.7. The van der Waals surface area contributed by atoms with E-state index in [2.05, 4.69) is 15.6 Å². The summed E-state index contributed by atoms with van der Waals surface area (Å²) >= 11 is 0. The molecule has 0 bridgehead atoms. The lowest BCUT2D eigenvalue weighted by molar-refractivity contribution is -0.134. The van der Waals surface area contributed by atoms with Gasteiger partial charge < -0.3 is 15.5 Å². The SMILES string of the molecule is CC(C)C(NC(=O)c1nccc2ccccc12)C(=O)N1CCNCC1. The molecule has 2 amide bonds. The Bertz CT molecular complexity index is 764. The van der Waals surface area contributed by atoms with Gasteiger partial charge in [0, 0.05) is 37.8 Å². The Kier molecular flexibility index (Phi) is 5.28. The van der Waals surface area contributed by atoms with Crippen LogP contribution in [0, 0.1) is 5.92 Å². The van der Waals surface area contributed by atoms with Gasteiger partial charge in [-0.1, -0.05) is 38.1 Å². The van der Waals surface area contributed by atoms with E-state index >= 15 is 0 Å². The van der Waals surface area contributed by atoms with E-state index < -0.39 is 6.04 Å². The molecule has 1 aliphatic heterocycles. The largest absolute Gasteiger partial charge is 0.339 e. The summed E-state index contributed by atoms with van der Waals surface area (Å²) < 4.78 is 0. The number of fused-ring (bicyclic) bond motifs is 1. The van der Waals surface area contributed by atoms with Crippen LogP contribution < -0.4 is 10.6 Å². The number of carbonyl (C=O) groups is 2. The number of rotatable bonds is 4. The molecule has 1 aromatic carbocycles. The third-order valence-electron chi connectivity index (χ3n) is 4.54. The van der Waals surface area contributed by atoms with Crippen molar-refractivity contribution in [3.05, 3.63) is 42.2 Å². The van der Waals surface area contributed by atoms with E-state index in [9.17, 15) is 9.59 Å². The van der Waals surface area contributed by atoms with Crippen molar-refractivity contribution in [1.82, 2.24) is 20.5 Å². The molecular weight excluding hydrogens is 316 g/mol. The van der Waals surface area contributed by atoms with Gasteiger partial charge in [-0.3, -0.25) is 14.6 Å². The van der Waals surface area contributed by atoms with Gasteiger partial charge in [-0.2, -0.15) is 0 Å². The van der Waals surface area contributed by atoms with Crippen molar-refractivity contribution in [1.29, 1.82) is 0 Å². The molecule has 0 spiro atoms. The summed E-state index contributed by atoms with van der Waals surface area (Å²) in [6.07, 6.45) is 1.62. The number of hydrogen-bond donors (Lipinski definition) is 2. The Labute approximate surface area is 147 Å². The maximum atomic E-state index is 12.8. The summed E-state index contributed by atoms with van der Waals surface area (Å²) in [4.78, 5) is 31.7. The molecule has 1 unspecified atom stereocenters. The predicted molar refractivity (Wildman–Crippen MR) is 97.3 cm³/mol. The highest BCUT2D eigenvalue weighted by molar-refractivity contribution is 6.06. The molecule has 132 valence electrons. The smallest absolute Gasteiger partial charge is 0.271 e. The minimum atomic E-state index is -0.550. The summed E-state index contributed by atoms with van der Waals surface area (Å²) in [5, 5.41) is 7.89. The monoisotopic (exact) mass is 340 g/mol. The maximum absolute atomic E-state index is 12.8. The fourth-order valence-corrected chi connectivity index (χ4v) is 3.11. The second-order valence-corrected chi connectivity index (χ2v) is 6.65. The first kappa shape index (κ1) is 17.4. The highest BCUT2D eigenvalue weighted by Crippen LogP contribution is 2.17. The highest BCUT2D eigenvalue weighted by atomic mass is 16.2. The number of hydrogen-bond acceptors (Lipinski definition) is 4. The van der Waals surface area contributed by atoms with Gasteiger partial charge >= 0.3 is 0 Å². The minimum absolute atomic E-state index is 0.00121. The highest BCUT2D eigenvalue weighted by Gasteiger charge is 2.30. The molecule has 1 saturated heterocycles. The van der Waals surface area contributed by atoms with E-state index in [4.69, 9.17) is 0 Å². The van der Waals surface area contributed by atoms with Crippen LogP contribution in [0.4, 0.5) is 0 Å². The van der Waals surface area contributed by atoms with Crippen LogP contribution in [0.15, 0.2) is 36.5 Å². The Morgan fingerprint density at radius 2 is 1.88 bits per heavy atom. The quantitative estimate of drug-likeness (QED) is 0.883. The average molecular weight is 340 g/mol. The Morgan fingerprint density at radius 3 is 2.60 bits per heavy atom. The Hall–Kier alpha value is -2.47. The van der Waals surface area contributed by atoms with E-state index in [0.29, 0.717) is 18.8 Å². The van der Waals surface area contributed by atoms with Crippen molar-refractivity contribution in [3.63, 3.8) is 0 Å². The number of benzene rings is 1. The molecule has 0 saturated carbocycles. The molecule has 3 rings (SSSR count). The zero-order chi connectivity index (χ0) is 17.8. The summed E-state index contributed by atoms with van der Waals surface area (Å²) in [6.45, 7) is 6.81. The van der Waals surface area contributed by atoms with Crippen molar-refractivity contribution in [2.24, 2.45) is 5.92 Å².